The number of carbonyl (C=O) groups is 2. The minimum absolute atomic E-state index is 0.334. The minimum Gasteiger partial charge on any atom is -0.305 e. The fourth-order valence-corrected chi connectivity index (χ4v) is 6.26. The van der Waals surface area contributed by atoms with Gasteiger partial charge in [0, 0.05) is 12.7 Å². The first-order valence-electron chi connectivity index (χ1n) is 9.85. The molecule has 1 atom stereocenters. The lowest BCUT2D eigenvalue weighted by Crippen LogP contribution is -2.46. The van der Waals surface area contributed by atoms with Crippen LogP contribution in [0.15, 0.2) is 39.6 Å². The maximum atomic E-state index is 13.5. The number of hydrogen-bond acceptors (Lipinski definition) is 3. The summed E-state index contributed by atoms with van der Waals surface area (Å²) < 4.78 is 19.8. The number of amides is 4. The van der Waals surface area contributed by atoms with Crippen molar-refractivity contribution in [3.63, 3.8) is 0 Å². The summed E-state index contributed by atoms with van der Waals surface area (Å²) in [5.74, 6) is 0. The zero-order valence-corrected chi connectivity index (χ0v) is 17.0. The number of anilines is 2. The lowest BCUT2D eigenvalue weighted by molar-refractivity contribution is 0.252. The minimum atomic E-state index is -3.41. The molecule has 2 aliphatic carbocycles. The summed E-state index contributed by atoms with van der Waals surface area (Å²) in [5, 5.41) is 2.92. The lowest BCUT2D eigenvalue weighted by atomic mass is 9.99. The number of hydrogen-bond donors (Lipinski definition) is 2. The van der Waals surface area contributed by atoms with E-state index in [0.717, 1.165) is 44.2 Å². The van der Waals surface area contributed by atoms with Crippen LogP contribution in [0, 0.1) is 0 Å². The zero-order valence-electron chi connectivity index (χ0n) is 16.2. The molecule has 3 aliphatic rings. The number of aryl methyl sites for hydroxylation is 2. The van der Waals surface area contributed by atoms with Gasteiger partial charge in [0.15, 0.2) is 9.92 Å². The Morgan fingerprint density at radius 1 is 1.10 bits per heavy atom. The summed E-state index contributed by atoms with van der Waals surface area (Å²) in [5.41, 5.74) is 6.27. The van der Waals surface area contributed by atoms with Gasteiger partial charge in [-0.1, -0.05) is 18.2 Å². The fraction of sp³-hybridized carbons (Fsp3) is 0.333. The Morgan fingerprint density at radius 3 is 2.45 bits per heavy atom. The van der Waals surface area contributed by atoms with Crippen molar-refractivity contribution in [3.05, 3.63) is 52.6 Å². The monoisotopic (exact) mass is 410 g/mol. The molecule has 1 unspecified atom stereocenters. The van der Waals surface area contributed by atoms with Crippen molar-refractivity contribution in [1.82, 2.24) is 4.72 Å². The molecule has 1 heterocycles. The molecule has 5 rings (SSSR count). The third-order valence-corrected chi connectivity index (χ3v) is 7.79. The SMILES string of the molecule is CN1C(=O)NS(=O)(=NC(=O)Nc2c3c(cc4c2CCC4)CCC3)c2ccccc21. The van der Waals surface area contributed by atoms with Gasteiger partial charge in [0.1, 0.15) is 0 Å². The summed E-state index contributed by atoms with van der Waals surface area (Å²) in [6.07, 6.45) is 6.05. The van der Waals surface area contributed by atoms with E-state index in [1.165, 1.54) is 27.2 Å². The summed E-state index contributed by atoms with van der Waals surface area (Å²) in [6.45, 7) is 0. The number of para-hydroxylation sites is 1. The normalized spacial score (nSPS) is 21.8. The molecule has 150 valence electrons. The van der Waals surface area contributed by atoms with Crippen LogP contribution in [0.3, 0.4) is 0 Å². The maximum Gasteiger partial charge on any atom is 0.355 e. The standard InChI is InChI=1S/C21H22N4O3S/c1-25-17-10-2-3-11-18(17)29(28,24-21(25)27)23-20(26)22-19-15-8-4-6-13(15)12-14-7-5-9-16(14)19/h2-3,10-12H,4-9H2,1H3,(H2,22,23,24,26,27,28). The molecular weight excluding hydrogens is 388 g/mol. The zero-order chi connectivity index (χ0) is 20.2. The van der Waals surface area contributed by atoms with Crippen molar-refractivity contribution in [2.45, 2.75) is 43.4 Å². The van der Waals surface area contributed by atoms with E-state index in [1.807, 2.05) is 0 Å². The topological polar surface area (TPSA) is 90.9 Å². The van der Waals surface area contributed by atoms with Crippen molar-refractivity contribution in [3.8, 4) is 0 Å². The molecule has 0 aromatic heterocycles. The molecule has 0 radical (unpaired) electrons. The van der Waals surface area contributed by atoms with Gasteiger partial charge in [-0.15, -0.1) is 4.36 Å². The predicted molar refractivity (Wildman–Crippen MR) is 112 cm³/mol. The van der Waals surface area contributed by atoms with E-state index in [0.29, 0.717) is 10.6 Å². The highest BCUT2D eigenvalue weighted by Crippen LogP contribution is 2.39. The smallest absolute Gasteiger partial charge is 0.305 e. The molecule has 1 aliphatic heterocycles. The van der Waals surface area contributed by atoms with Crippen LogP contribution >= 0.6 is 0 Å². The van der Waals surface area contributed by atoms with Crippen molar-refractivity contribution in [1.29, 1.82) is 0 Å². The third kappa shape index (κ3) is 2.90. The summed E-state index contributed by atoms with van der Waals surface area (Å²) in [4.78, 5) is 26.8. The number of rotatable bonds is 1. The molecule has 0 saturated carbocycles. The Hall–Kier alpha value is -2.87. The van der Waals surface area contributed by atoms with Crippen LogP contribution in [0.1, 0.15) is 35.1 Å². The van der Waals surface area contributed by atoms with E-state index < -0.39 is 22.0 Å². The molecular formula is C21H22N4O3S. The van der Waals surface area contributed by atoms with Gasteiger partial charge in [-0.25, -0.2) is 18.5 Å². The van der Waals surface area contributed by atoms with Crippen LogP contribution in [0.5, 0.6) is 0 Å². The van der Waals surface area contributed by atoms with Crippen molar-refractivity contribution < 1.29 is 13.8 Å². The van der Waals surface area contributed by atoms with Gasteiger partial charge in [0.2, 0.25) is 0 Å². The molecule has 8 heteroatoms. The Morgan fingerprint density at radius 2 is 1.76 bits per heavy atom. The van der Waals surface area contributed by atoms with E-state index in [4.69, 9.17) is 0 Å². The van der Waals surface area contributed by atoms with Crippen molar-refractivity contribution >= 4 is 33.4 Å². The van der Waals surface area contributed by atoms with Crippen LogP contribution in [0.2, 0.25) is 0 Å². The third-order valence-electron chi connectivity index (χ3n) is 5.97. The van der Waals surface area contributed by atoms with E-state index in [9.17, 15) is 13.8 Å². The molecule has 7 nitrogen and oxygen atoms in total. The van der Waals surface area contributed by atoms with Crippen LogP contribution in [0.25, 0.3) is 0 Å². The second-order valence-electron chi connectivity index (χ2n) is 7.72. The second-order valence-corrected chi connectivity index (χ2v) is 9.59. The van der Waals surface area contributed by atoms with Crippen LogP contribution in [-0.4, -0.2) is 23.3 Å². The van der Waals surface area contributed by atoms with Gasteiger partial charge in [0.05, 0.1) is 10.6 Å². The molecule has 4 amide bonds. The maximum absolute atomic E-state index is 13.5. The first-order valence-corrected chi connectivity index (χ1v) is 11.4. The van der Waals surface area contributed by atoms with Crippen LogP contribution < -0.4 is 14.9 Å². The van der Waals surface area contributed by atoms with E-state index in [-0.39, 0.29) is 0 Å². The van der Waals surface area contributed by atoms with Crippen molar-refractivity contribution in [2.75, 3.05) is 17.3 Å². The first kappa shape index (κ1) is 18.2. The number of benzene rings is 2. The first-order chi connectivity index (χ1) is 14.0. The van der Waals surface area contributed by atoms with Gasteiger partial charge in [0.25, 0.3) is 0 Å². The van der Waals surface area contributed by atoms with Gasteiger partial charge >= 0.3 is 12.1 Å². The summed E-state index contributed by atoms with van der Waals surface area (Å²) in [7, 11) is -1.82. The number of carbonyl (C=O) groups excluding carboxylic acids is 2. The van der Waals surface area contributed by atoms with E-state index in [1.54, 1.807) is 31.3 Å². The number of urea groups is 2. The largest absolute Gasteiger partial charge is 0.355 e. The number of nitrogens with zero attached hydrogens (tertiary/aromatic N) is 2. The quantitative estimate of drug-likeness (QED) is 0.749. The highest BCUT2D eigenvalue weighted by molar-refractivity contribution is 7.93. The molecule has 0 bridgehead atoms. The Balaban J connectivity index is 1.56. The second kappa shape index (κ2) is 6.59. The summed E-state index contributed by atoms with van der Waals surface area (Å²) >= 11 is 0. The molecule has 0 spiro atoms. The molecule has 2 aromatic rings. The lowest BCUT2D eigenvalue weighted by Gasteiger charge is -2.28. The van der Waals surface area contributed by atoms with E-state index in [2.05, 4.69) is 20.5 Å². The molecule has 0 saturated heterocycles. The Kier molecular flexibility index (Phi) is 4.13. The van der Waals surface area contributed by atoms with Gasteiger partial charge in [-0.05, 0) is 72.9 Å². The Bertz CT molecular complexity index is 1150. The van der Waals surface area contributed by atoms with Gasteiger partial charge < -0.3 is 5.32 Å². The highest BCUT2D eigenvalue weighted by Gasteiger charge is 2.31. The fourth-order valence-electron chi connectivity index (χ4n) is 4.61. The molecule has 0 fully saturated rings. The van der Waals surface area contributed by atoms with Gasteiger partial charge in [-0.3, -0.25) is 4.90 Å². The number of fused-ring (bicyclic) bond motifs is 3. The predicted octanol–water partition coefficient (Wildman–Crippen LogP) is 3.80. The average molecular weight is 410 g/mol. The van der Waals surface area contributed by atoms with Gasteiger partial charge in [-0.2, -0.15) is 0 Å². The van der Waals surface area contributed by atoms with Crippen LogP contribution in [0.4, 0.5) is 21.0 Å². The molecule has 2 N–H and O–H groups in total. The van der Waals surface area contributed by atoms with Crippen LogP contribution in [-0.2, 0) is 35.6 Å². The highest BCUT2D eigenvalue weighted by atomic mass is 32.2. The number of nitrogens with one attached hydrogen (secondary N) is 2. The Labute approximate surface area is 169 Å². The van der Waals surface area contributed by atoms with E-state index >= 15 is 0 Å². The molecule has 2 aromatic carbocycles. The summed E-state index contributed by atoms with van der Waals surface area (Å²) in [6, 6.07) is 7.83. The average Bonchev–Trinajstić information content (AvgIpc) is 3.35. The van der Waals surface area contributed by atoms with Crippen molar-refractivity contribution in [2.24, 2.45) is 4.36 Å². The molecule has 29 heavy (non-hydrogen) atoms.